The number of rotatable bonds is 5. The summed E-state index contributed by atoms with van der Waals surface area (Å²) in [7, 11) is 0. The Morgan fingerprint density at radius 3 is 2.50 bits per heavy atom. The molecule has 1 aliphatic rings. The highest BCUT2D eigenvalue weighted by Crippen LogP contribution is 2.28. The molecule has 0 spiro atoms. The van der Waals surface area contributed by atoms with Crippen LogP contribution in [0.3, 0.4) is 0 Å². The lowest BCUT2D eigenvalue weighted by atomic mass is 9.83. The van der Waals surface area contributed by atoms with Crippen molar-refractivity contribution in [3.8, 4) is 5.75 Å². The third kappa shape index (κ3) is 5.12. The first-order valence-corrected chi connectivity index (χ1v) is 8.57. The maximum Gasteiger partial charge on any atom is 0.232 e. The van der Waals surface area contributed by atoms with E-state index in [9.17, 15) is 4.79 Å². The summed E-state index contributed by atoms with van der Waals surface area (Å²) in [5, 5.41) is 3.38. The minimum atomic E-state index is -0.520. The number of hydrogen-bond donors (Lipinski definition) is 1. The van der Waals surface area contributed by atoms with Gasteiger partial charge in [0.25, 0.3) is 0 Å². The number of ether oxygens (including phenoxy) is 1. The van der Waals surface area contributed by atoms with Crippen LogP contribution >= 0.6 is 12.4 Å². The van der Waals surface area contributed by atoms with Crippen molar-refractivity contribution in [1.29, 1.82) is 0 Å². The molecule has 4 nitrogen and oxygen atoms in total. The number of hydrogen-bond acceptors (Lipinski definition) is 3. The number of nitrogens with zero attached hydrogens (tertiary/aromatic N) is 1. The van der Waals surface area contributed by atoms with Crippen LogP contribution in [-0.4, -0.2) is 43.1 Å². The first kappa shape index (κ1) is 20.8. The lowest BCUT2D eigenvalue weighted by molar-refractivity contribution is -0.137. The van der Waals surface area contributed by atoms with E-state index in [1.54, 1.807) is 0 Å². The highest BCUT2D eigenvalue weighted by atomic mass is 35.5. The number of piperazine rings is 1. The first-order valence-electron chi connectivity index (χ1n) is 8.57. The van der Waals surface area contributed by atoms with E-state index in [-0.39, 0.29) is 18.3 Å². The summed E-state index contributed by atoms with van der Waals surface area (Å²) in [4.78, 5) is 14.9. The SMILES string of the molecule is CC(C)COc1ccc(C(C)(C)C(=O)N2CCNC(C)C2)cc1.Cl. The van der Waals surface area contributed by atoms with Gasteiger partial charge in [-0.15, -0.1) is 12.4 Å². The van der Waals surface area contributed by atoms with Crippen LogP contribution in [0.15, 0.2) is 24.3 Å². The highest BCUT2D eigenvalue weighted by molar-refractivity contribution is 5.87. The van der Waals surface area contributed by atoms with Crippen molar-refractivity contribution in [2.75, 3.05) is 26.2 Å². The highest BCUT2D eigenvalue weighted by Gasteiger charge is 2.35. The van der Waals surface area contributed by atoms with Crippen molar-refractivity contribution < 1.29 is 9.53 Å². The van der Waals surface area contributed by atoms with Crippen molar-refractivity contribution in [1.82, 2.24) is 10.2 Å². The average Bonchev–Trinajstić information content (AvgIpc) is 2.52. The predicted octanol–water partition coefficient (Wildman–Crippen LogP) is 3.24. The van der Waals surface area contributed by atoms with Crippen LogP contribution in [0, 0.1) is 5.92 Å². The smallest absolute Gasteiger partial charge is 0.232 e. The summed E-state index contributed by atoms with van der Waals surface area (Å²) in [6, 6.07) is 8.31. The molecule has 1 unspecified atom stereocenters. The third-order valence-electron chi connectivity index (χ3n) is 4.35. The Morgan fingerprint density at radius 1 is 1.33 bits per heavy atom. The maximum absolute atomic E-state index is 12.9. The molecule has 0 bridgehead atoms. The van der Waals surface area contributed by atoms with Gasteiger partial charge in [0.15, 0.2) is 0 Å². The van der Waals surface area contributed by atoms with E-state index < -0.39 is 5.41 Å². The van der Waals surface area contributed by atoms with Gasteiger partial charge in [0.2, 0.25) is 5.91 Å². The molecule has 2 rings (SSSR count). The van der Waals surface area contributed by atoms with E-state index in [0.29, 0.717) is 18.6 Å². The van der Waals surface area contributed by atoms with Crippen LogP contribution in [0.1, 0.15) is 40.2 Å². The monoisotopic (exact) mass is 354 g/mol. The predicted molar refractivity (Wildman–Crippen MR) is 101 cm³/mol. The Morgan fingerprint density at radius 2 is 1.96 bits per heavy atom. The molecule has 1 fully saturated rings. The van der Waals surface area contributed by atoms with Gasteiger partial charge in [-0.3, -0.25) is 4.79 Å². The van der Waals surface area contributed by atoms with Gasteiger partial charge in [-0.2, -0.15) is 0 Å². The second-order valence-electron chi connectivity index (χ2n) is 7.46. The molecule has 1 heterocycles. The largest absolute Gasteiger partial charge is 0.493 e. The Hall–Kier alpha value is -1.26. The summed E-state index contributed by atoms with van der Waals surface area (Å²) in [5.41, 5.74) is 0.513. The standard InChI is InChI=1S/C19H30N2O2.ClH/c1-14(2)13-23-17-8-6-16(7-9-17)19(4,5)18(22)21-11-10-20-15(3)12-21;/h6-9,14-15,20H,10-13H2,1-5H3;1H. The van der Waals surface area contributed by atoms with Gasteiger partial charge in [-0.25, -0.2) is 0 Å². The Kier molecular flexibility index (Phi) is 7.56. The summed E-state index contributed by atoms with van der Waals surface area (Å²) in [5.74, 6) is 1.56. The number of carbonyl (C=O) groups excluding carboxylic acids is 1. The zero-order valence-electron chi connectivity index (χ0n) is 15.5. The molecule has 1 aromatic carbocycles. The van der Waals surface area contributed by atoms with Crippen LogP contribution in [0.4, 0.5) is 0 Å². The Labute approximate surface area is 152 Å². The molecular formula is C19H31ClN2O2. The minimum Gasteiger partial charge on any atom is -0.493 e. The van der Waals surface area contributed by atoms with Crippen molar-refractivity contribution in [2.24, 2.45) is 5.92 Å². The fraction of sp³-hybridized carbons (Fsp3) is 0.632. The number of carbonyl (C=O) groups is 1. The van der Waals surface area contributed by atoms with Gasteiger partial charge < -0.3 is 15.0 Å². The molecule has 5 heteroatoms. The van der Waals surface area contributed by atoms with Crippen LogP contribution in [0.5, 0.6) is 5.75 Å². The van der Waals surface area contributed by atoms with Gasteiger partial charge >= 0.3 is 0 Å². The molecule has 0 radical (unpaired) electrons. The van der Waals surface area contributed by atoms with Crippen molar-refractivity contribution in [3.63, 3.8) is 0 Å². The van der Waals surface area contributed by atoms with Crippen LogP contribution < -0.4 is 10.1 Å². The molecule has 1 N–H and O–H groups in total. The molecule has 0 aromatic heterocycles. The molecule has 1 aliphatic heterocycles. The molecule has 0 aliphatic carbocycles. The van der Waals surface area contributed by atoms with Gasteiger partial charge in [-0.05, 0) is 44.4 Å². The number of halogens is 1. The molecular weight excluding hydrogens is 324 g/mol. The zero-order chi connectivity index (χ0) is 17.0. The summed E-state index contributed by atoms with van der Waals surface area (Å²) in [6.07, 6.45) is 0. The number of benzene rings is 1. The van der Waals surface area contributed by atoms with Gasteiger partial charge in [-0.1, -0.05) is 26.0 Å². The van der Waals surface area contributed by atoms with E-state index in [2.05, 4.69) is 26.1 Å². The third-order valence-corrected chi connectivity index (χ3v) is 4.35. The fourth-order valence-corrected chi connectivity index (χ4v) is 2.87. The average molecular weight is 355 g/mol. The number of nitrogens with one attached hydrogen (secondary N) is 1. The quantitative estimate of drug-likeness (QED) is 0.882. The van der Waals surface area contributed by atoms with E-state index in [0.717, 1.165) is 30.9 Å². The normalized spacial score (nSPS) is 18.2. The van der Waals surface area contributed by atoms with Gasteiger partial charge in [0.1, 0.15) is 5.75 Å². The zero-order valence-corrected chi connectivity index (χ0v) is 16.3. The Balaban J connectivity index is 0.00000288. The second kappa shape index (κ2) is 8.72. The molecule has 136 valence electrons. The fourth-order valence-electron chi connectivity index (χ4n) is 2.87. The van der Waals surface area contributed by atoms with Crippen molar-refractivity contribution in [3.05, 3.63) is 29.8 Å². The molecule has 1 atom stereocenters. The maximum atomic E-state index is 12.9. The molecule has 1 aromatic rings. The lowest BCUT2D eigenvalue weighted by Gasteiger charge is -2.37. The van der Waals surface area contributed by atoms with Crippen molar-refractivity contribution in [2.45, 2.75) is 46.1 Å². The summed E-state index contributed by atoms with van der Waals surface area (Å²) in [6.45, 7) is 13.5. The molecule has 1 saturated heterocycles. The van der Waals surface area contributed by atoms with E-state index in [1.165, 1.54) is 0 Å². The summed E-state index contributed by atoms with van der Waals surface area (Å²) < 4.78 is 5.72. The van der Waals surface area contributed by atoms with E-state index in [1.807, 2.05) is 43.0 Å². The van der Waals surface area contributed by atoms with Crippen molar-refractivity contribution >= 4 is 18.3 Å². The van der Waals surface area contributed by atoms with Crippen LogP contribution in [-0.2, 0) is 10.2 Å². The molecule has 0 saturated carbocycles. The topological polar surface area (TPSA) is 41.6 Å². The minimum absolute atomic E-state index is 0. The molecule has 24 heavy (non-hydrogen) atoms. The molecule has 1 amide bonds. The van der Waals surface area contributed by atoms with Crippen LogP contribution in [0.25, 0.3) is 0 Å². The number of amides is 1. The lowest BCUT2D eigenvalue weighted by Crippen LogP contribution is -2.55. The van der Waals surface area contributed by atoms with Gasteiger partial charge in [0, 0.05) is 25.7 Å². The Bertz CT molecular complexity index is 529. The van der Waals surface area contributed by atoms with Gasteiger partial charge in [0.05, 0.1) is 12.0 Å². The van der Waals surface area contributed by atoms with E-state index >= 15 is 0 Å². The first-order chi connectivity index (χ1) is 10.8. The van der Waals surface area contributed by atoms with E-state index in [4.69, 9.17) is 4.74 Å². The second-order valence-corrected chi connectivity index (χ2v) is 7.46. The summed E-state index contributed by atoms with van der Waals surface area (Å²) >= 11 is 0. The van der Waals surface area contributed by atoms with Crippen LogP contribution in [0.2, 0.25) is 0 Å².